The average Bonchev–Trinajstić information content (AvgIpc) is 2.84. The van der Waals surface area contributed by atoms with Crippen LogP contribution in [0.25, 0.3) is 0 Å². The van der Waals surface area contributed by atoms with Gasteiger partial charge in [0.2, 0.25) is 5.95 Å². The summed E-state index contributed by atoms with van der Waals surface area (Å²) >= 11 is 0. The van der Waals surface area contributed by atoms with Crippen molar-refractivity contribution in [1.82, 2.24) is 15.2 Å². The predicted molar refractivity (Wildman–Crippen MR) is 66.3 cm³/mol. The van der Waals surface area contributed by atoms with E-state index in [9.17, 15) is 4.79 Å². The molecular weight excluding hydrogens is 232 g/mol. The second-order valence-electron chi connectivity index (χ2n) is 3.85. The Kier molecular flexibility index (Phi) is 3.57. The summed E-state index contributed by atoms with van der Waals surface area (Å²) in [5, 5.41) is 8.76. The van der Waals surface area contributed by atoms with Crippen molar-refractivity contribution >= 4 is 11.9 Å². The predicted octanol–water partition coefficient (Wildman–Crippen LogP) is 1.52. The molecule has 2 rings (SSSR count). The monoisotopic (exact) mass is 246 g/mol. The summed E-state index contributed by atoms with van der Waals surface area (Å²) in [5.74, 6) is 0.716. The van der Waals surface area contributed by atoms with Crippen molar-refractivity contribution in [1.29, 1.82) is 0 Å². The lowest BCUT2D eigenvalue weighted by Gasteiger charge is -2.15. The van der Waals surface area contributed by atoms with Crippen molar-refractivity contribution in [3.63, 3.8) is 0 Å². The number of hydrogen-bond donors (Lipinski definition) is 2. The first-order valence-corrected chi connectivity index (χ1v) is 5.55. The smallest absolute Gasteiger partial charge is 0.267 e. The molecule has 1 aromatic heterocycles. The van der Waals surface area contributed by atoms with Crippen LogP contribution in [0.3, 0.4) is 0 Å². The van der Waals surface area contributed by atoms with Gasteiger partial charge in [-0.2, -0.15) is 10.1 Å². The number of hydrogen-bond acceptors (Lipinski definition) is 4. The van der Waals surface area contributed by atoms with E-state index in [1.807, 2.05) is 31.2 Å². The highest BCUT2D eigenvalue weighted by Gasteiger charge is 2.16. The van der Waals surface area contributed by atoms with Gasteiger partial charge in [0.25, 0.3) is 5.91 Å². The number of carbonyl (C=O) groups is 1. The molecule has 0 aliphatic carbocycles. The summed E-state index contributed by atoms with van der Waals surface area (Å²) in [7, 11) is 0. The molecule has 0 saturated heterocycles. The molecular formula is C12H14N4O2. The van der Waals surface area contributed by atoms with E-state index in [1.165, 1.54) is 6.33 Å². The SMILES string of the molecule is Cc1ccccc1O[C@@H](C)C(=O)Nc1ncn[nH]1. The van der Waals surface area contributed by atoms with Crippen LogP contribution in [-0.4, -0.2) is 27.2 Å². The molecule has 0 radical (unpaired) electrons. The molecule has 2 aromatic rings. The number of anilines is 1. The van der Waals surface area contributed by atoms with E-state index >= 15 is 0 Å². The number of H-pyrrole nitrogens is 1. The molecule has 6 nitrogen and oxygen atoms in total. The average molecular weight is 246 g/mol. The molecule has 0 unspecified atom stereocenters. The normalized spacial score (nSPS) is 11.9. The van der Waals surface area contributed by atoms with Crippen molar-refractivity contribution in [2.45, 2.75) is 20.0 Å². The zero-order chi connectivity index (χ0) is 13.0. The van der Waals surface area contributed by atoms with Crippen LogP contribution in [0.15, 0.2) is 30.6 Å². The van der Waals surface area contributed by atoms with E-state index in [-0.39, 0.29) is 5.91 Å². The lowest BCUT2D eigenvalue weighted by atomic mass is 10.2. The summed E-state index contributed by atoms with van der Waals surface area (Å²) in [5.41, 5.74) is 0.983. The zero-order valence-electron chi connectivity index (χ0n) is 10.2. The maximum atomic E-state index is 11.8. The van der Waals surface area contributed by atoms with E-state index < -0.39 is 6.10 Å². The molecule has 1 aromatic carbocycles. The van der Waals surface area contributed by atoms with Gasteiger partial charge in [0.15, 0.2) is 6.10 Å². The van der Waals surface area contributed by atoms with Gasteiger partial charge in [-0.3, -0.25) is 10.1 Å². The van der Waals surface area contributed by atoms with Gasteiger partial charge in [0.1, 0.15) is 12.1 Å². The Hall–Kier alpha value is -2.37. The minimum absolute atomic E-state index is 0.282. The van der Waals surface area contributed by atoms with Crippen molar-refractivity contribution in [3.05, 3.63) is 36.2 Å². The summed E-state index contributed by atoms with van der Waals surface area (Å²) in [6, 6.07) is 7.54. The molecule has 0 aliphatic rings. The highest BCUT2D eigenvalue weighted by atomic mass is 16.5. The van der Waals surface area contributed by atoms with Gasteiger partial charge >= 0.3 is 0 Å². The standard InChI is InChI=1S/C12H14N4O2/c1-8-5-3-4-6-10(8)18-9(2)11(17)15-12-13-7-14-16-12/h3-7,9H,1-2H3,(H2,13,14,15,16,17)/t9-/m0/s1. The minimum atomic E-state index is -0.615. The number of rotatable bonds is 4. The number of para-hydroxylation sites is 1. The van der Waals surface area contributed by atoms with Crippen molar-refractivity contribution in [2.75, 3.05) is 5.32 Å². The first-order valence-electron chi connectivity index (χ1n) is 5.55. The molecule has 94 valence electrons. The van der Waals surface area contributed by atoms with E-state index in [4.69, 9.17) is 4.74 Å². The molecule has 18 heavy (non-hydrogen) atoms. The molecule has 0 bridgehead atoms. The highest BCUT2D eigenvalue weighted by Crippen LogP contribution is 2.18. The minimum Gasteiger partial charge on any atom is -0.481 e. The summed E-state index contributed by atoms with van der Waals surface area (Å²) in [6.07, 6.45) is 0.707. The molecule has 0 aliphatic heterocycles. The van der Waals surface area contributed by atoms with Crippen LogP contribution in [0, 0.1) is 6.92 Å². The first kappa shape index (κ1) is 12.1. The quantitative estimate of drug-likeness (QED) is 0.857. The van der Waals surface area contributed by atoms with Gasteiger partial charge in [-0.15, -0.1) is 0 Å². The summed E-state index contributed by atoms with van der Waals surface area (Å²) in [4.78, 5) is 15.6. The Labute approximate surface area is 104 Å². The Morgan fingerprint density at radius 3 is 2.89 bits per heavy atom. The number of aromatic nitrogens is 3. The van der Waals surface area contributed by atoms with Crippen LogP contribution >= 0.6 is 0 Å². The van der Waals surface area contributed by atoms with E-state index in [0.717, 1.165) is 5.56 Å². The molecule has 1 atom stereocenters. The molecule has 6 heteroatoms. The van der Waals surface area contributed by atoms with Crippen molar-refractivity contribution in [2.24, 2.45) is 0 Å². The Morgan fingerprint density at radius 1 is 1.44 bits per heavy atom. The largest absolute Gasteiger partial charge is 0.481 e. The molecule has 2 N–H and O–H groups in total. The number of nitrogens with one attached hydrogen (secondary N) is 2. The second-order valence-corrected chi connectivity index (χ2v) is 3.85. The van der Waals surface area contributed by atoms with Crippen molar-refractivity contribution in [3.8, 4) is 5.75 Å². The van der Waals surface area contributed by atoms with Crippen LogP contribution in [0.5, 0.6) is 5.75 Å². The number of aryl methyl sites for hydroxylation is 1. The maximum absolute atomic E-state index is 11.8. The lowest BCUT2D eigenvalue weighted by molar-refractivity contribution is -0.122. The van der Waals surface area contributed by atoms with Crippen LogP contribution in [0.2, 0.25) is 0 Å². The van der Waals surface area contributed by atoms with Gasteiger partial charge in [0.05, 0.1) is 0 Å². The number of carbonyl (C=O) groups excluding carboxylic acids is 1. The first-order chi connectivity index (χ1) is 8.66. The van der Waals surface area contributed by atoms with Gasteiger partial charge in [-0.05, 0) is 25.5 Å². The number of aromatic amines is 1. The van der Waals surface area contributed by atoms with Crippen LogP contribution in [0.1, 0.15) is 12.5 Å². The highest BCUT2D eigenvalue weighted by molar-refractivity contribution is 5.92. The van der Waals surface area contributed by atoms with Crippen LogP contribution in [0.4, 0.5) is 5.95 Å². The van der Waals surface area contributed by atoms with E-state index in [1.54, 1.807) is 6.92 Å². The van der Waals surface area contributed by atoms with Gasteiger partial charge < -0.3 is 4.74 Å². The molecule has 1 heterocycles. The number of ether oxygens (including phenoxy) is 1. The molecule has 0 fully saturated rings. The van der Waals surface area contributed by atoms with E-state index in [0.29, 0.717) is 11.7 Å². The number of amides is 1. The Balaban J connectivity index is 1.97. The fraction of sp³-hybridized carbons (Fsp3) is 0.250. The topological polar surface area (TPSA) is 79.9 Å². The Morgan fingerprint density at radius 2 is 2.22 bits per heavy atom. The third-order valence-corrected chi connectivity index (χ3v) is 2.42. The van der Waals surface area contributed by atoms with E-state index in [2.05, 4.69) is 20.5 Å². The maximum Gasteiger partial charge on any atom is 0.267 e. The molecule has 0 spiro atoms. The third-order valence-electron chi connectivity index (χ3n) is 2.42. The fourth-order valence-corrected chi connectivity index (χ4v) is 1.42. The second kappa shape index (κ2) is 5.31. The number of nitrogens with zero attached hydrogens (tertiary/aromatic N) is 2. The zero-order valence-corrected chi connectivity index (χ0v) is 10.2. The molecule has 1 amide bonds. The van der Waals surface area contributed by atoms with Gasteiger partial charge in [-0.1, -0.05) is 18.2 Å². The molecule has 0 saturated carbocycles. The van der Waals surface area contributed by atoms with Gasteiger partial charge in [-0.25, -0.2) is 5.10 Å². The van der Waals surface area contributed by atoms with Crippen molar-refractivity contribution < 1.29 is 9.53 Å². The third kappa shape index (κ3) is 2.85. The lowest BCUT2D eigenvalue weighted by Crippen LogP contribution is -2.30. The summed E-state index contributed by atoms with van der Waals surface area (Å²) in [6.45, 7) is 3.61. The van der Waals surface area contributed by atoms with Crippen LogP contribution < -0.4 is 10.1 Å². The number of benzene rings is 1. The fourth-order valence-electron chi connectivity index (χ4n) is 1.42. The Bertz CT molecular complexity index is 525. The van der Waals surface area contributed by atoms with Gasteiger partial charge in [0, 0.05) is 0 Å². The summed E-state index contributed by atoms with van der Waals surface area (Å²) < 4.78 is 5.58. The van der Waals surface area contributed by atoms with Crippen LogP contribution in [-0.2, 0) is 4.79 Å².